The number of piperidine rings is 2. The molecule has 3 rings (SSSR count). The fourth-order valence-electron chi connectivity index (χ4n) is 3.84. The standard InChI is InChI=1S/C20H29N3O3/c1-16(2)21-18(24)22-12-8-20(9-13-22)10-14-23(15-11-20)19(25)26-17-6-4-3-5-7-17/h3-7,16H,8-15H2,1-2H3,(H,21,24). The van der Waals surface area contributed by atoms with Crippen molar-refractivity contribution in [3.05, 3.63) is 30.3 Å². The van der Waals surface area contributed by atoms with Gasteiger partial charge in [0.25, 0.3) is 0 Å². The molecule has 1 spiro atoms. The molecule has 0 unspecified atom stereocenters. The Morgan fingerprint density at radius 1 is 0.962 bits per heavy atom. The summed E-state index contributed by atoms with van der Waals surface area (Å²) >= 11 is 0. The van der Waals surface area contributed by atoms with Gasteiger partial charge in [-0.15, -0.1) is 0 Å². The smallest absolute Gasteiger partial charge is 0.410 e. The third-order valence-corrected chi connectivity index (χ3v) is 5.55. The summed E-state index contributed by atoms with van der Waals surface area (Å²) in [6.07, 6.45) is 3.73. The van der Waals surface area contributed by atoms with Crippen molar-refractivity contribution in [3.8, 4) is 5.75 Å². The molecule has 26 heavy (non-hydrogen) atoms. The van der Waals surface area contributed by atoms with Crippen molar-refractivity contribution in [2.75, 3.05) is 26.2 Å². The van der Waals surface area contributed by atoms with Crippen molar-refractivity contribution in [2.24, 2.45) is 5.41 Å². The van der Waals surface area contributed by atoms with Gasteiger partial charge in [0.2, 0.25) is 0 Å². The summed E-state index contributed by atoms with van der Waals surface area (Å²) in [4.78, 5) is 28.2. The highest BCUT2D eigenvalue weighted by Crippen LogP contribution is 2.41. The van der Waals surface area contributed by atoms with Gasteiger partial charge in [-0.05, 0) is 57.1 Å². The van der Waals surface area contributed by atoms with E-state index in [-0.39, 0.29) is 23.6 Å². The summed E-state index contributed by atoms with van der Waals surface area (Å²) < 4.78 is 5.44. The fourth-order valence-corrected chi connectivity index (χ4v) is 3.84. The van der Waals surface area contributed by atoms with E-state index in [2.05, 4.69) is 5.32 Å². The number of amides is 3. The van der Waals surface area contributed by atoms with E-state index in [1.54, 1.807) is 17.0 Å². The maximum absolute atomic E-state index is 12.3. The molecule has 2 fully saturated rings. The van der Waals surface area contributed by atoms with E-state index in [4.69, 9.17) is 4.74 Å². The monoisotopic (exact) mass is 359 g/mol. The molecule has 0 aliphatic carbocycles. The Balaban J connectivity index is 1.46. The molecule has 142 valence electrons. The second kappa shape index (κ2) is 7.98. The maximum atomic E-state index is 12.3. The van der Waals surface area contributed by atoms with Gasteiger partial charge in [0.05, 0.1) is 0 Å². The molecule has 3 amide bonds. The number of likely N-dealkylation sites (tertiary alicyclic amines) is 2. The van der Waals surface area contributed by atoms with Crippen LogP contribution in [-0.2, 0) is 0 Å². The minimum Gasteiger partial charge on any atom is -0.410 e. The molecule has 6 nitrogen and oxygen atoms in total. The number of carbonyl (C=O) groups is 2. The lowest BCUT2D eigenvalue weighted by Gasteiger charge is -2.46. The summed E-state index contributed by atoms with van der Waals surface area (Å²) in [7, 11) is 0. The molecule has 1 aromatic carbocycles. The lowest BCUT2D eigenvalue weighted by atomic mass is 9.71. The molecule has 0 saturated carbocycles. The van der Waals surface area contributed by atoms with Crippen molar-refractivity contribution in [2.45, 2.75) is 45.6 Å². The first-order valence-electron chi connectivity index (χ1n) is 9.55. The van der Waals surface area contributed by atoms with Crippen LogP contribution in [0.5, 0.6) is 5.75 Å². The van der Waals surface area contributed by atoms with Crippen LogP contribution in [0.15, 0.2) is 30.3 Å². The van der Waals surface area contributed by atoms with Gasteiger partial charge >= 0.3 is 12.1 Å². The Morgan fingerprint density at radius 3 is 2.04 bits per heavy atom. The van der Waals surface area contributed by atoms with Crippen LogP contribution in [-0.4, -0.2) is 54.1 Å². The molecular formula is C20H29N3O3. The number of nitrogens with one attached hydrogen (secondary N) is 1. The summed E-state index contributed by atoms with van der Waals surface area (Å²) in [6.45, 7) is 7.01. The van der Waals surface area contributed by atoms with Crippen LogP contribution in [0.4, 0.5) is 9.59 Å². The zero-order valence-corrected chi connectivity index (χ0v) is 15.7. The van der Waals surface area contributed by atoms with Gasteiger partial charge in [0, 0.05) is 32.2 Å². The largest absolute Gasteiger partial charge is 0.415 e. The normalized spacial score (nSPS) is 19.5. The van der Waals surface area contributed by atoms with Crippen molar-refractivity contribution in [1.29, 1.82) is 0 Å². The quantitative estimate of drug-likeness (QED) is 0.879. The van der Waals surface area contributed by atoms with Crippen molar-refractivity contribution in [3.63, 3.8) is 0 Å². The van der Waals surface area contributed by atoms with E-state index >= 15 is 0 Å². The number of para-hydroxylation sites is 1. The van der Waals surface area contributed by atoms with E-state index in [1.165, 1.54) is 0 Å². The van der Waals surface area contributed by atoms with Gasteiger partial charge in [-0.1, -0.05) is 18.2 Å². The predicted octanol–water partition coefficient (Wildman–Crippen LogP) is 3.48. The predicted molar refractivity (Wildman–Crippen MR) is 100 cm³/mol. The average Bonchev–Trinajstić information content (AvgIpc) is 2.63. The second-order valence-electron chi connectivity index (χ2n) is 7.76. The zero-order valence-electron chi connectivity index (χ0n) is 15.7. The van der Waals surface area contributed by atoms with Crippen LogP contribution in [0, 0.1) is 5.41 Å². The van der Waals surface area contributed by atoms with E-state index in [9.17, 15) is 9.59 Å². The van der Waals surface area contributed by atoms with E-state index in [0.29, 0.717) is 5.75 Å². The maximum Gasteiger partial charge on any atom is 0.415 e. The molecular weight excluding hydrogens is 330 g/mol. The second-order valence-corrected chi connectivity index (χ2v) is 7.76. The third-order valence-electron chi connectivity index (χ3n) is 5.55. The molecule has 1 N–H and O–H groups in total. The lowest BCUT2D eigenvalue weighted by molar-refractivity contribution is 0.0475. The number of benzene rings is 1. The molecule has 6 heteroatoms. The van der Waals surface area contributed by atoms with Gasteiger partial charge in [-0.3, -0.25) is 0 Å². The molecule has 2 aliphatic rings. The molecule has 0 radical (unpaired) electrons. The summed E-state index contributed by atoms with van der Waals surface area (Å²) in [5, 5.41) is 2.97. The summed E-state index contributed by atoms with van der Waals surface area (Å²) in [6, 6.07) is 9.41. The third kappa shape index (κ3) is 4.48. The molecule has 2 aliphatic heterocycles. The van der Waals surface area contributed by atoms with Gasteiger partial charge in [-0.2, -0.15) is 0 Å². The first-order valence-corrected chi connectivity index (χ1v) is 9.55. The molecule has 0 bridgehead atoms. The van der Waals surface area contributed by atoms with Gasteiger partial charge < -0.3 is 19.9 Å². The van der Waals surface area contributed by atoms with E-state index in [0.717, 1.165) is 51.9 Å². The number of hydrogen-bond acceptors (Lipinski definition) is 3. The van der Waals surface area contributed by atoms with Crippen molar-refractivity contribution in [1.82, 2.24) is 15.1 Å². The van der Waals surface area contributed by atoms with E-state index < -0.39 is 0 Å². The Kier molecular flexibility index (Phi) is 5.69. The van der Waals surface area contributed by atoms with Gasteiger partial charge in [-0.25, -0.2) is 9.59 Å². The number of urea groups is 1. The van der Waals surface area contributed by atoms with Gasteiger partial charge in [0.1, 0.15) is 5.75 Å². The van der Waals surface area contributed by atoms with Crippen LogP contribution in [0.2, 0.25) is 0 Å². The first-order chi connectivity index (χ1) is 12.5. The topological polar surface area (TPSA) is 61.9 Å². The Hall–Kier alpha value is -2.24. The molecule has 1 aromatic rings. The fraction of sp³-hybridized carbons (Fsp3) is 0.600. The zero-order chi connectivity index (χ0) is 18.6. The molecule has 2 saturated heterocycles. The van der Waals surface area contributed by atoms with Crippen LogP contribution >= 0.6 is 0 Å². The highest BCUT2D eigenvalue weighted by molar-refractivity contribution is 5.74. The van der Waals surface area contributed by atoms with Crippen molar-refractivity contribution < 1.29 is 14.3 Å². The summed E-state index contributed by atoms with van der Waals surface area (Å²) in [5.41, 5.74) is 0.262. The Labute approximate surface area is 155 Å². The van der Waals surface area contributed by atoms with Crippen LogP contribution in [0.1, 0.15) is 39.5 Å². The molecule has 2 heterocycles. The Morgan fingerprint density at radius 2 is 1.50 bits per heavy atom. The highest BCUT2D eigenvalue weighted by Gasteiger charge is 2.39. The van der Waals surface area contributed by atoms with Crippen LogP contribution in [0.25, 0.3) is 0 Å². The SMILES string of the molecule is CC(C)NC(=O)N1CCC2(CC1)CCN(C(=O)Oc1ccccc1)CC2. The highest BCUT2D eigenvalue weighted by atomic mass is 16.6. The first kappa shape index (κ1) is 18.5. The number of nitrogens with zero attached hydrogens (tertiary/aromatic N) is 2. The van der Waals surface area contributed by atoms with Crippen LogP contribution < -0.4 is 10.1 Å². The van der Waals surface area contributed by atoms with Crippen molar-refractivity contribution >= 4 is 12.1 Å². The summed E-state index contributed by atoms with van der Waals surface area (Å²) in [5.74, 6) is 0.585. The number of hydrogen-bond donors (Lipinski definition) is 1. The average molecular weight is 359 g/mol. The van der Waals surface area contributed by atoms with Gasteiger partial charge in [0.15, 0.2) is 0 Å². The Bertz CT molecular complexity index is 614. The minimum atomic E-state index is -0.264. The molecule has 0 aromatic heterocycles. The number of carbonyl (C=O) groups excluding carboxylic acids is 2. The lowest BCUT2D eigenvalue weighted by Crippen LogP contribution is -2.52. The van der Waals surface area contributed by atoms with E-state index in [1.807, 2.05) is 36.9 Å². The van der Waals surface area contributed by atoms with Crippen LogP contribution in [0.3, 0.4) is 0 Å². The molecule has 0 atom stereocenters. The minimum absolute atomic E-state index is 0.0405. The number of ether oxygens (including phenoxy) is 1. The number of rotatable bonds is 2.